The number of nitrogens with one attached hydrogen (secondary N) is 1. The lowest BCUT2D eigenvalue weighted by molar-refractivity contribution is -0.143. The molecule has 1 N–H and O–H groups in total. The van der Waals surface area contributed by atoms with Crippen LogP contribution in [0, 0.1) is 0 Å². The van der Waals surface area contributed by atoms with Gasteiger partial charge in [-0.15, -0.1) is 0 Å². The van der Waals surface area contributed by atoms with Crippen LogP contribution in [0.5, 0.6) is 11.5 Å². The number of hydrogen-bond acceptors (Lipinski definition) is 6. The fraction of sp³-hybridized carbons (Fsp3) is 0.483. The molecule has 0 saturated heterocycles. The summed E-state index contributed by atoms with van der Waals surface area (Å²) in [5.74, 6) is 0.152. The SMILES string of the molecule is CCOC(=O)CC(NC(=O)c1cccc2c1C(=O)N(C1CCCCC1)C2)c1ccc(OCC)c(OC)c1. The molecule has 0 bridgehead atoms. The second kappa shape index (κ2) is 12.1. The Bertz CT molecular complexity index is 1140. The zero-order valence-corrected chi connectivity index (χ0v) is 21.9. The van der Waals surface area contributed by atoms with Crippen molar-refractivity contribution >= 4 is 17.8 Å². The molecule has 0 aromatic heterocycles. The van der Waals surface area contributed by atoms with Crippen LogP contribution in [0.15, 0.2) is 36.4 Å². The monoisotopic (exact) mass is 508 g/mol. The predicted octanol–water partition coefficient (Wildman–Crippen LogP) is 4.81. The maximum Gasteiger partial charge on any atom is 0.308 e. The first-order valence-corrected chi connectivity index (χ1v) is 13.2. The molecule has 1 fully saturated rings. The number of ether oxygens (including phenoxy) is 3. The van der Waals surface area contributed by atoms with Crippen molar-refractivity contribution in [3.8, 4) is 11.5 Å². The summed E-state index contributed by atoms with van der Waals surface area (Å²) in [6, 6.07) is 10.2. The van der Waals surface area contributed by atoms with Crippen molar-refractivity contribution in [2.45, 2.75) is 71.0 Å². The quantitative estimate of drug-likeness (QED) is 0.463. The number of amides is 2. The van der Waals surface area contributed by atoms with Crippen LogP contribution < -0.4 is 14.8 Å². The molecule has 0 radical (unpaired) electrons. The van der Waals surface area contributed by atoms with Gasteiger partial charge in [-0.1, -0.05) is 37.5 Å². The summed E-state index contributed by atoms with van der Waals surface area (Å²) in [4.78, 5) is 41.4. The molecule has 198 valence electrons. The minimum Gasteiger partial charge on any atom is -0.493 e. The zero-order chi connectivity index (χ0) is 26.4. The Hall–Kier alpha value is -3.55. The molecule has 2 aliphatic rings. The maximum absolute atomic E-state index is 13.6. The molecule has 2 aromatic rings. The molecule has 2 amide bonds. The van der Waals surface area contributed by atoms with Crippen molar-refractivity contribution < 1.29 is 28.6 Å². The van der Waals surface area contributed by atoms with E-state index in [4.69, 9.17) is 14.2 Å². The molecule has 4 rings (SSSR count). The first-order chi connectivity index (χ1) is 18.0. The van der Waals surface area contributed by atoms with Gasteiger partial charge in [-0.25, -0.2) is 0 Å². The van der Waals surface area contributed by atoms with Crippen molar-refractivity contribution in [2.75, 3.05) is 20.3 Å². The van der Waals surface area contributed by atoms with E-state index < -0.39 is 17.9 Å². The van der Waals surface area contributed by atoms with Gasteiger partial charge in [0.2, 0.25) is 0 Å². The second-order valence-corrected chi connectivity index (χ2v) is 9.44. The van der Waals surface area contributed by atoms with E-state index in [1.807, 2.05) is 24.0 Å². The molecule has 1 atom stereocenters. The van der Waals surface area contributed by atoms with Crippen LogP contribution in [0.25, 0.3) is 0 Å². The Balaban J connectivity index is 1.60. The van der Waals surface area contributed by atoms with E-state index in [0.717, 1.165) is 31.2 Å². The van der Waals surface area contributed by atoms with E-state index >= 15 is 0 Å². The Kier molecular flexibility index (Phi) is 8.69. The molecule has 0 spiro atoms. The highest BCUT2D eigenvalue weighted by molar-refractivity contribution is 6.09. The van der Waals surface area contributed by atoms with E-state index in [1.165, 1.54) is 13.5 Å². The number of methoxy groups -OCH3 is 1. The predicted molar refractivity (Wildman–Crippen MR) is 139 cm³/mol. The minimum absolute atomic E-state index is 0.0616. The van der Waals surface area contributed by atoms with Gasteiger partial charge >= 0.3 is 5.97 Å². The molecule has 8 nitrogen and oxygen atoms in total. The van der Waals surface area contributed by atoms with E-state index in [-0.39, 0.29) is 25.0 Å². The van der Waals surface area contributed by atoms with Gasteiger partial charge in [-0.3, -0.25) is 14.4 Å². The van der Waals surface area contributed by atoms with Gasteiger partial charge in [-0.05, 0) is 56.0 Å². The number of hydrogen-bond donors (Lipinski definition) is 1. The van der Waals surface area contributed by atoms with Gasteiger partial charge < -0.3 is 24.4 Å². The normalized spacial score (nSPS) is 16.2. The van der Waals surface area contributed by atoms with Crippen LogP contribution in [0.1, 0.15) is 90.3 Å². The van der Waals surface area contributed by atoms with Gasteiger partial charge in [0.25, 0.3) is 11.8 Å². The number of rotatable bonds is 10. The standard InChI is InChI=1S/C29H36N2O6/c1-4-36-24-15-14-19(16-25(24)35-3)23(17-26(32)37-5-2)30-28(33)22-13-9-10-20-18-31(29(34)27(20)22)21-11-7-6-8-12-21/h9-10,13-16,21,23H,4-8,11-12,17-18H2,1-3H3,(H,30,33). The third-order valence-electron chi connectivity index (χ3n) is 7.10. The first kappa shape index (κ1) is 26.5. The van der Waals surface area contributed by atoms with Crippen LogP contribution in [0.2, 0.25) is 0 Å². The Morgan fingerprint density at radius 1 is 1.05 bits per heavy atom. The fourth-order valence-electron chi connectivity index (χ4n) is 5.31. The number of fused-ring (bicyclic) bond motifs is 1. The van der Waals surface area contributed by atoms with E-state index in [2.05, 4.69) is 5.32 Å². The topological polar surface area (TPSA) is 94.2 Å². The van der Waals surface area contributed by atoms with Crippen molar-refractivity contribution in [1.29, 1.82) is 0 Å². The molecule has 37 heavy (non-hydrogen) atoms. The van der Waals surface area contributed by atoms with Crippen LogP contribution in [-0.2, 0) is 16.1 Å². The molecular formula is C29H36N2O6. The number of carbonyl (C=O) groups is 3. The highest BCUT2D eigenvalue weighted by atomic mass is 16.5. The number of carbonyl (C=O) groups excluding carboxylic acids is 3. The average molecular weight is 509 g/mol. The van der Waals surface area contributed by atoms with Crippen molar-refractivity contribution in [2.24, 2.45) is 0 Å². The van der Waals surface area contributed by atoms with Crippen LogP contribution in [-0.4, -0.2) is 49.0 Å². The highest BCUT2D eigenvalue weighted by Gasteiger charge is 2.36. The lowest BCUT2D eigenvalue weighted by Gasteiger charge is -2.31. The Labute approximate surface area is 218 Å². The van der Waals surface area contributed by atoms with Gasteiger partial charge in [-0.2, -0.15) is 0 Å². The lowest BCUT2D eigenvalue weighted by atomic mass is 9.94. The maximum atomic E-state index is 13.6. The van der Waals surface area contributed by atoms with Gasteiger partial charge in [0.05, 0.1) is 43.9 Å². The average Bonchev–Trinajstić information content (AvgIpc) is 3.25. The molecule has 1 aliphatic carbocycles. The van der Waals surface area contributed by atoms with Crippen LogP contribution in [0.3, 0.4) is 0 Å². The smallest absolute Gasteiger partial charge is 0.308 e. The van der Waals surface area contributed by atoms with Crippen molar-refractivity contribution in [3.63, 3.8) is 0 Å². The summed E-state index contributed by atoms with van der Waals surface area (Å²) < 4.78 is 16.2. The minimum atomic E-state index is -0.682. The molecule has 1 heterocycles. The molecule has 2 aromatic carbocycles. The first-order valence-electron chi connectivity index (χ1n) is 13.2. The molecule has 1 saturated carbocycles. The van der Waals surface area contributed by atoms with Crippen molar-refractivity contribution in [1.82, 2.24) is 10.2 Å². The molecule has 1 unspecified atom stereocenters. The van der Waals surface area contributed by atoms with E-state index in [9.17, 15) is 14.4 Å². The van der Waals surface area contributed by atoms with Crippen LogP contribution in [0.4, 0.5) is 0 Å². The van der Waals surface area contributed by atoms with Crippen LogP contribution >= 0.6 is 0 Å². The molecule has 8 heteroatoms. The van der Waals surface area contributed by atoms with Gasteiger partial charge in [0, 0.05) is 12.6 Å². The summed E-state index contributed by atoms with van der Waals surface area (Å²) >= 11 is 0. The molecular weight excluding hydrogens is 472 g/mol. The van der Waals surface area contributed by atoms with Crippen molar-refractivity contribution in [3.05, 3.63) is 58.7 Å². The summed E-state index contributed by atoms with van der Waals surface area (Å²) in [7, 11) is 1.54. The number of nitrogens with zero attached hydrogens (tertiary/aromatic N) is 1. The summed E-state index contributed by atoms with van der Waals surface area (Å²) in [6.45, 7) is 4.87. The third-order valence-corrected chi connectivity index (χ3v) is 7.10. The summed E-state index contributed by atoms with van der Waals surface area (Å²) in [5.41, 5.74) is 2.33. The molecule has 1 aliphatic heterocycles. The fourth-order valence-corrected chi connectivity index (χ4v) is 5.31. The lowest BCUT2D eigenvalue weighted by Crippen LogP contribution is -2.37. The zero-order valence-electron chi connectivity index (χ0n) is 21.9. The number of benzene rings is 2. The van der Waals surface area contributed by atoms with E-state index in [1.54, 1.807) is 31.2 Å². The van der Waals surface area contributed by atoms with Gasteiger partial charge in [0.15, 0.2) is 11.5 Å². The number of esters is 1. The Morgan fingerprint density at radius 3 is 2.54 bits per heavy atom. The second-order valence-electron chi connectivity index (χ2n) is 9.44. The Morgan fingerprint density at radius 2 is 1.84 bits per heavy atom. The summed E-state index contributed by atoms with van der Waals surface area (Å²) in [5, 5.41) is 2.98. The third kappa shape index (κ3) is 5.89. The van der Waals surface area contributed by atoms with E-state index in [0.29, 0.717) is 41.3 Å². The highest BCUT2D eigenvalue weighted by Crippen LogP contribution is 2.34. The largest absolute Gasteiger partial charge is 0.493 e. The van der Waals surface area contributed by atoms with Gasteiger partial charge in [0.1, 0.15) is 0 Å². The summed E-state index contributed by atoms with van der Waals surface area (Å²) in [6.07, 6.45) is 5.40.